The van der Waals surface area contributed by atoms with Crippen molar-refractivity contribution in [2.45, 2.75) is 19.3 Å². The van der Waals surface area contributed by atoms with Gasteiger partial charge in [-0.05, 0) is 37.8 Å². The second-order valence-electron chi connectivity index (χ2n) is 3.25. The van der Waals surface area contributed by atoms with E-state index in [1.54, 1.807) is 6.92 Å². The minimum absolute atomic E-state index is 0.337. The minimum Gasteiger partial charge on any atom is -0.468 e. The molecule has 0 aromatic heterocycles. The van der Waals surface area contributed by atoms with E-state index in [0.717, 1.165) is 5.56 Å². The molecule has 0 saturated heterocycles. The third kappa shape index (κ3) is 3.77. The summed E-state index contributed by atoms with van der Waals surface area (Å²) in [7, 11) is 0. The van der Waals surface area contributed by atoms with E-state index in [0.29, 0.717) is 12.4 Å². The molecule has 0 aliphatic carbocycles. The van der Waals surface area contributed by atoms with Gasteiger partial charge in [0, 0.05) is 0 Å². The number of esters is 1. The monoisotopic (exact) mass is 240 g/mol. The van der Waals surface area contributed by atoms with Crippen LogP contribution in [0.5, 0.6) is 5.75 Å². The number of carbonyl (C=O) groups is 1. The first-order valence-corrected chi connectivity index (χ1v) is 6.39. The van der Waals surface area contributed by atoms with Gasteiger partial charge in [-0.15, -0.1) is 11.8 Å². The summed E-state index contributed by atoms with van der Waals surface area (Å²) < 4.78 is 10.5. The summed E-state index contributed by atoms with van der Waals surface area (Å²) in [4.78, 5) is 11.5. The number of benzene rings is 1. The maximum Gasteiger partial charge on any atom is 0.358 e. The first kappa shape index (κ1) is 12.9. The second-order valence-corrected chi connectivity index (χ2v) is 4.15. The van der Waals surface area contributed by atoms with E-state index in [9.17, 15) is 4.79 Å². The molecule has 1 rings (SSSR count). The summed E-state index contributed by atoms with van der Waals surface area (Å²) in [6, 6.07) is 7.59. The van der Waals surface area contributed by atoms with E-state index >= 15 is 0 Å². The number of rotatable bonds is 5. The predicted octanol–water partition coefficient (Wildman–Crippen LogP) is 2.63. The molecule has 0 fully saturated rings. The lowest BCUT2D eigenvalue weighted by molar-refractivity contribution is -0.147. The molecule has 16 heavy (non-hydrogen) atoms. The Bertz CT molecular complexity index is 352. The highest BCUT2D eigenvalue weighted by Crippen LogP contribution is 2.19. The van der Waals surface area contributed by atoms with Crippen LogP contribution in [0.25, 0.3) is 0 Å². The van der Waals surface area contributed by atoms with Gasteiger partial charge in [-0.3, -0.25) is 0 Å². The Kier molecular flexibility index (Phi) is 5.19. The first-order chi connectivity index (χ1) is 7.67. The fourth-order valence-corrected chi connectivity index (χ4v) is 1.68. The molecule has 0 aliphatic rings. The average molecular weight is 240 g/mol. The van der Waals surface area contributed by atoms with Crippen LogP contribution in [0.3, 0.4) is 0 Å². The van der Waals surface area contributed by atoms with Crippen LogP contribution >= 0.6 is 11.8 Å². The van der Waals surface area contributed by atoms with Crippen molar-refractivity contribution in [2.24, 2.45) is 0 Å². The predicted molar refractivity (Wildman–Crippen MR) is 65.7 cm³/mol. The first-order valence-electron chi connectivity index (χ1n) is 5.10. The molecular weight excluding hydrogens is 224 g/mol. The molecule has 1 aromatic carbocycles. The third-order valence-electron chi connectivity index (χ3n) is 1.93. The average Bonchev–Trinajstić information content (AvgIpc) is 2.26. The van der Waals surface area contributed by atoms with Crippen LogP contribution in [-0.2, 0) is 9.53 Å². The maximum absolute atomic E-state index is 11.5. The van der Waals surface area contributed by atoms with Crippen LogP contribution in [0.15, 0.2) is 24.3 Å². The van der Waals surface area contributed by atoms with Crippen molar-refractivity contribution in [3.05, 3.63) is 29.8 Å². The number of hydrogen-bond donors (Lipinski definition) is 0. The van der Waals surface area contributed by atoms with E-state index in [1.807, 2.05) is 37.4 Å². The zero-order valence-corrected chi connectivity index (χ0v) is 10.5. The molecule has 0 spiro atoms. The Labute approximate surface area is 100 Å². The van der Waals surface area contributed by atoms with Crippen molar-refractivity contribution in [3.8, 4) is 5.75 Å². The normalized spacial score (nSPS) is 11.9. The van der Waals surface area contributed by atoms with Gasteiger partial charge in [-0.1, -0.05) is 12.1 Å². The topological polar surface area (TPSA) is 35.5 Å². The highest BCUT2D eigenvalue weighted by atomic mass is 32.2. The van der Waals surface area contributed by atoms with Crippen molar-refractivity contribution >= 4 is 17.7 Å². The molecule has 1 unspecified atom stereocenters. The molecule has 0 aliphatic heterocycles. The summed E-state index contributed by atoms with van der Waals surface area (Å²) in [5, 5.41) is 0. The third-order valence-corrected chi connectivity index (χ3v) is 2.64. The fourth-order valence-electron chi connectivity index (χ4n) is 1.22. The van der Waals surface area contributed by atoms with Gasteiger partial charge in [0.25, 0.3) is 0 Å². The van der Waals surface area contributed by atoms with Gasteiger partial charge in [0.2, 0.25) is 5.44 Å². The van der Waals surface area contributed by atoms with Crippen LogP contribution < -0.4 is 4.74 Å². The van der Waals surface area contributed by atoms with Crippen LogP contribution in [-0.4, -0.2) is 24.3 Å². The van der Waals surface area contributed by atoms with E-state index in [2.05, 4.69) is 0 Å². The SMILES string of the molecule is CCOC(=O)C(Oc1cccc(C)c1)SC. The van der Waals surface area contributed by atoms with Gasteiger partial charge >= 0.3 is 5.97 Å². The summed E-state index contributed by atoms with van der Waals surface area (Å²) >= 11 is 1.32. The highest BCUT2D eigenvalue weighted by Gasteiger charge is 2.20. The summed E-state index contributed by atoms with van der Waals surface area (Å²) in [5.41, 5.74) is 0.503. The molecular formula is C12H16O3S. The molecule has 1 aromatic rings. The van der Waals surface area contributed by atoms with E-state index in [-0.39, 0.29) is 5.97 Å². The molecule has 1 atom stereocenters. The molecule has 0 heterocycles. The number of carbonyl (C=O) groups excluding carboxylic acids is 1. The van der Waals surface area contributed by atoms with Crippen LogP contribution in [0.2, 0.25) is 0 Å². The Morgan fingerprint density at radius 3 is 2.81 bits per heavy atom. The van der Waals surface area contributed by atoms with Crippen LogP contribution in [0.4, 0.5) is 0 Å². The lowest BCUT2D eigenvalue weighted by atomic mass is 10.2. The Hall–Kier alpha value is -1.16. The molecule has 0 amide bonds. The zero-order chi connectivity index (χ0) is 12.0. The standard InChI is InChI=1S/C12H16O3S/c1-4-14-11(13)12(16-3)15-10-7-5-6-9(2)8-10/h5-8,12H,4H2,1-3H3. The van der Waals surface area contributed by atoms with Crippen molar-refractivity contribution in [1.29, 1.82) is 0 Å². The quantitative estimate of drug-likeness (QED) is 0.585. The van der Waals surface area contributed by atoms with Crippen LogP contribution in [0.1, 0.15) is 12.5 Å². The van der Waals surface area contributed by atoms with Gasteiger partial charge in [-0.25, -0.2) is 4.79 Å². The van der Waals surface area contributed by atoms with Crippen molar-refractivity contribution in [1.82, 2.24) is 0 Å². The van der Waals surface area contributed by atoms with Gasteiger partial charge in [0.05, 0.1) is 6.61 Å². The van der Waals surface area contributed by atoms with Crippen molar-refractivity contribution in [3.63, 3.8) is 0 Å². The molecule has 4 heteroatoms. The fraction of sp³-hybridized carbons (Fsp3) is 0.417. The molecule has 3 nitrogen and oxygen atoms in total. The molecule has 0 saturated carbocycles. The van der Waals surface area contributed by atoms with Crippen molar-refractivity contribution < 1.29 is 14.3 Å². The molecule has 0 N–H and O–H groups in total. The van der Waals surface area contributed by atoms with Gasteiger partial charge < -0.3 is 9.47 Å². The van der Waals surface area contributed by atoms with E-state index in [4.69, 9.17) is 9.47 Å². The van der Waals surface area contributed by atoms with E-state index < -0.39 is 5.44 Å². The Morgan fingerprint density at radius 2 is 2.25 bits per heavy atom. The van der Waals surface area contributed by atoms with E-state index in [1.165, 1.54) is 11.8 Å². The molecule has 0 bridgehead atoms. The maximum atomic E-state index is 11.5. The molecule has 88 valence electrons. The number of thioether (sulfide) groups is 1. The van der Waals surface area contributed by atoms with Gasteiger partial charge in [-0.2, -0.15) is 0 Å². The Morgan fingerprint density at radius 1 is 1.50 bits per heavy atom. The summed E-state index contributed by atoms with van der Waals surface area (Å²) in [5.74, 6) is 0.351. The lowest BCUT2D eigenvalue weighted by Gasteiger charge is -2.15. The summed E-state index contributed by atoms with van der Waals surface area (Å²) in [6.45, 7) is 4.13. The second kappa shape index (κ2) is 6.43. The largest absolute Gasteiger partial charge is 0.468 e. The number of aryl methyl sites for hydroxylation is 1. The summed E-state index contributed by atoms with van der Waals surface area (Å²) in [6.07, 6.45) is 1.82. The van der Waals surface area contributed by atoms with Crippen LogP contribution in [0, 0.1) is 6.92 Å². The smallest absolute Gasteiger partial charge is 0.358 e. The van der Waals surface area contributed by atoms with Gasteiger partial charge in [0.1, 0.15) is 5.75 Å². The highest BCUT2D eigenvalue weighted by molar-refractivity contribution is 7.99. The lowest BCUT2D eigenvalue weighted by Crippen LogP contribution is -2.25. The Balaban J connectivity index is 2.66. The minimum atomic E-state index is -0.596. The molecule has 0 radical (unpaired) electrons. The number of ether oxygens (including phenoxy) is 2. The zero-order valence-electron chi connectivity index (χ0n) is 9.73. The van der Waals surface area contributed by atoms with Crippen molar-refractivity contribution in [2.75, 3.05) is 12.9 Å². The van der Waals surface area contributed by atoms with Gasteiger partial charge in [0.15, 0.2) is 0 Å². The number of hydrogen-bond acceptors (Lipinski definition) is 4.